The van der Waals surface area contributed by atoms with Crippen molar-refractivity contribution in [2.75, 3.05) is 31.6 Å². The molecular formula is C21H26N4O2. The zero-order chi connectivity index (χ0) is 18.9. The summed E-state index contributed by atoms with van der Waals surface area (Å²) in [5.41, 5.74) is 2.15. The van der Waals surface area contributed by atoms with Gasteiger partial charge in [-0.05, 0) is 31.7 Å². The number of ether oxygens (including phenoxy) is 1. The van der Waals surface area contributed by atoms with Gasteiger partial charge in [-0.3, -0.25) is 4.79 Å². The van der Waals surface area contributed by atoms with Gasteiger partial charge in [0.1, 0.15) is 12.1 Å². The summed E-state index contributed by atoms with van der Waals surface area (Å²) in [5.74, 6) is 1.68. The van der Waals surface area contributed by atoms with Crippen molar-refractivity contribution in [3.8, 4) is 5.88 Å². The topological polar surface area (TPSA) is 58.6 Å². The first-order valence-electron chi connectivity index (χ1n) is 9.56. The molecule has 0 aliphatic carbocycles. The van der Waals surface area contributed by atoms with Crippen molar-refractivity contribution < 1.29 is 9.53 Å². The standard InChI is InChI=1S/C21H26N4O2/c1-16-5-3-6-17(11-16)13-24-9-4-7-21(20(24)26)8-10-25(14-21)18-12-19(27-2)23-15-22-18/h3,5-6,11-12,15H,4,7-10,13-14H2,1-2H3. The molecule has 3 heterocycles. The summed E-state index contributed by atoms with van der Waals surface area (Å²) < 4.78 is 5.21. The maximum Gasteiger partial charge on any atom is 0.230 e. The Hall–Kier alpha value is -2.63. The largest absolute Gasteiger partial charge is 0.481 e. The van der Waals surface area contributed by atoms with Crippen molar-refractivity contribution >= 4 is 11.7 Å². The molecule has 0 N–H and O–H groups in total. The number of piperidine rings is 1. The van der Waals surface area contributed by atoms with Crippen molar-refractivity contribution in [1.29, 1.82) is 0 Å². The van der Waals surface area contributed by atoms with Crippen molar-refractivity contribution in [1.82, 2.24) is 14.9 Å². The van der Waals surface area contributed by atoms with Crippen LogP contribution >= 0.6 is 0 Å². The molecule has 1 aromatic carbocycles. The molecule has 1 aromatic heterocycles. The lowest BCUT2D eigenvalue weighted by Gasteiger charge is -2.39. The SMILES string of the molecule is COc1cc(N2CCC3(CCCN(Cc4cccc(C)c4)C3=O)C2)ncn1. The summed E-state index contributed by atoms with van der Waals surface area (Å²) in [6.07, 6.45) is 4.40. The van der Waals surface area contributed by atoms with E-state index in [0.717, 1.165) is 44.7 Å². The van der Waals surface area contributed by atoms with Crippen LogP contribution in [0.15, 0.2) is 36.7 Å². The second-order valence-corrected chi connectivity index (χ2v) is 7.69. The Labute approximate surface area is 160 Å². The Morgan fingerprint density at radius 3 is 2.89 bits per heavy atom. The first kappa shape index (κ1) is 17.8. The van der Waals surface area contributed by atoms with Gasteiger partial charge in [0.2, 0.25) is 11.8 Å². The van der Waals surface area contributed by atoms with Crippen LogP contribution in [-0.2, 0) is 11.3 Å². The summed E-state index contributed by atoms with van der Waals surface area (Å²) >= 11 is 0. The average Bonchev–Trinajstić information content (AvgIpc) is 3.11. The number of benzene rings is 1. The number of carbonyl (C=O) groups is 1. The van der Waals surface area contributed by atoms with E-state index >= 15 is 0 Å². The fourth-order valence-corrected chi connectivity index (χ4v) is 4.40. The Balaban J connectivity index is 1.50. The Kier molecular flexibility index (Phi) is 4.72. The molecule has 27 heavy (non-hydrogen) atoms. The molecule has 2 aliphatic heterocycles. The van der Waals surface area contributed by atoms with Crippen LogP contribution in [0.4, 0.5) is 5.82 Å². The van der Waals surface area contributed by atoms with Crippen LogP contribution < -0.4 is 9.64 Å². The third-order valence-electron chi connectivity index (χ3n) is 5.79. The summed E-state index contributed by atoms with van der Waals surface area (Å²) in [6.45, 7) is 5.19. The minimum Gasteiger partial charge on any atom is -0.481 e. The monoisotopic (exact) mass is 366 g/mol. The van der Waals surface area contributed by atoms with E-state index in [9.17, 15) is 4.79 Å². The molecule has 0 bridgehead atoms. The zero-order valence-corrected chi connectivity index (χ0v) is 16.0. The van der Waals surface area contributed by atoms with Gasteiger partial charge in [-0.2, -0.15) is 0 Å². The van der Waals surface area contributed by atoms with Crippen LogP contribution in [0.3, 0.4) is 0 Å². The van der Waals surface area contributed by atoms with Crippen molar-refractivity contribution in [3.05, 3.63) is 47.8 Å². The zero-order valence-electron chi connectivity index (χ0n) is 16.0. The van der Waals surface area contributed by atoms with Crippen molar-refractivity contribution in [2.24, 2.45) is 5.41 Å². The van der Waals surface area contributed by atoms with Gasteiger partial charge in [-0.15, -0.1) is 0 Å². The molecular weight excluding hydrogens is 340 g/mol. The highest BCUT2D eigenvalue weighted by molar-refractivity contribution is 5.85. The van der Waals surface area contributed by atoms with Gasteiger partial charge >= 0.3 is 0 Å². The number of likely N-dealkylation sites (tertiary alicyclic amines) is 1. The number of amides is 1. The van der Waals surface area contributed by atoms with Crippen LogP contribution in [0.2, 0.25) is 0 Å². The smallest absolute Gasteiger partial charge is 0.230 e. The van der Waals surface area contributed by atoms with Crippen LogP contribution in [0.5, 0.6) is 5.88 Å². The lowest BCUT2D eigenvalue weighted by molar-refractivity contribution is -0.145. The third kappa shape index (κ3) is 3.48. The molecule has 1 spiro atoms. The molecule has 4 rings (SSSR count). The number of carbonyl (C=O) groups excluding carboxylic acids is 1. The van der Waals surface area contributed by atoms with Crippen LogP contribution in [0.1, 0.15) is 30.4 Å². The van der Waals surface area contributed by atoms with Crippen LogP contribution in [-0.4, -0.2) is 47.5 Å². The molecule has 6 heteroatoms. The maximum absolute atomic E-state index is 13.4. The van der Waals surface area contributed by atoms with Crippen LogP contribution in [0.25, 0.3) is 0 Å². The minimum atomic E-state index is -0.291. The average molecular weight is 366 g/mol. The number of rotatable bonds is 4. The molecule has 1 atom stereocenters. The molecule has 0 radical (unpaired) electrons. The number of hydrogen-bond donors (Lipinski definition) is 0. The predicted octanol–water partition coefficient (Wildman–Crippen LogP) is 2.81. The van der Waals surface area contributed by atoms with Gasteiger partial charge in [0.05, 0.1) is 12.5 Å². The number of anilines is 1. The second kappa shape index (κ2) is 7.18. The molecule has 0 saturated carbocycles. The highest BCUT2D eigenvalue weighted by Crippen LogP contribution is 2.41. The minimum absolute atomic E-state index is 0.291. The van der Waals surface area contributed by atoms with Gasteiger partial charge in [0.25, 0.3) is 0 Å². The number of hydrogen-bond acceptors (Lipinski definition) is 5. The van der Waals surface area contributed by atoms with E-state index in [-0.39, 0.29) is 5.41 Å². The van der Waals surface area contributed by atoms with Gasteiger partial charge < -0.3 is 14.5 Å². The highest BCUT2D eigenvalue weighted by Gasteiger charge is 2.48. The fraction of sp³-hybridized carbons (Fsp3) is 0.476. The fourth-order valence-electron chi connectivity index (χ4n) is 4.40. The molecule has 2 saturated heterocycles. The first-order valence-corrected chi connectivity index (χ1v) is 9.56. The summed E-state index contributed by atoms with van der Waals surface area (Å²) in [6, 6.07) is 10.3. The van der Waals surface area contributed by atoms with Gasteiger partial charge in [0, 0.05) is 32.2 Å². The molecule has 6 nitrogen and oxygen atoms in total. The quantitative estimate of drug-likeness (QED) is 0.833. The lowest BCUT2D eigenvalue weighted by atomic mass is 9.78. The van der Waals surface area contributed by atoms with Crippen molar-refractivity contribution in [3.63, 3.8) is 0 Å². The van der Waals surface area contributed by atoms with Gasteiger partial charge in [-0.1, -0.05) is 29.8 Å². The number of nitrogens with zero attached hydrogens (tertiary/aromatic N) is 4. The maximum atomic E-state index is 13.4. The number of aryl methyl sites for hydroxylation is 1. The Morgan fingerprint density at radius 1 is 1.19 bits per heavy atom. The van der Waals surface area contributed by atoms with E-state index in [2.05, 4.69) is 46.1 Å². The van der Waals surface area contributed by atoms with E-state index < -0.39 is 0 Å². The predicted molar refractivity (Wildman–Crippen MR) is 104 cm³/mol. The van der Waals surface area contributed by atoms with E-state index in [1.54, 1.807) is 7.11 Å². The molecule has 1 amide bonds. The number of aromatic nitrogens is 2. The van der Waals surface area contributed by atoms with Crippen molar-refractivity contribution in [2.45, 2.75) is 32.7 Å². The number of methoxy groups -OCH3 is 1. The molecule has 2 aliphatic rings. The third-order valence-corrected chi connectivity index (χ3v) is 5.79. The Morgan fingerprint density at radius 2 is 2.07 bits per heavy atom. The normalized spacial score (nSPS) is 22.5. The first-order chi connectivity index (χ1) is 13.1. The van der Waals surface area contributed by atoms with E-state index in [1.165, 1.54) is 17.5 Å². The van der Waals surface area contributed by atoms with E-state index in [4.69, 9.17) is 4.74 Å². The molecule has 1 unspecified atom stereocenters. The summed E-state index contributed by atoms with van der Waals surface area (Å²) in [5, 5.41) is 0. The van der Waals surface area contributed by atoms with Gasteiger partial charge in [0.15, 0.2) is 0 Å². The molecule has 2 fully saturated rings. The summed E-state index contributed by atoms with van der Waals surface area (Å²) in [7, 11) is 1.60. The van der Waals surface area contributed by atoms with E-state index in [1.807, 2.05) is 11.0 Å². The molecule has 2 aromatic rings. The van der Waals surface area contributed by atoms with Crippen LogP contribution in [0, 0.1) is 12.3 Å². The second-order valence-electron chi connectivity index (χ2n) is 7.69. The summed E-state index contributed by atoms with van der Waals surface area (Å²) in [4.78, 5) is 26.1. The van der Waals surface area contributed by atoms with Gasteiger partial charge in [-0.25, -0.2) is 9.97 Å². The highest BCUT2D eigenvalue weighted by atomic mass is 16.5. The van der Waals surface area contributed by atoms with E-state index in [0.29, 0.717) is 18.3 Å². The molecule has 142 valence electrons. The lowest BCUT2D eigenvalue weighted by Crippen LogP contribution is -2.49. The Bertz CT molecular complexity index is 840.